The molecule has 0 unspecified atom stereocenters. The highest BCUT2D eigenvalue weighted by Crippen LogP contribution is 2.43. The van der Waals surface area contributed by atoms with E-state index in [2.05, 4.69) is 14.5 Å². The molecule has 1 N–H and O–H groups in total. The van der Waals surface area contributed by atoms with Gasteiger partial charge in [-0.2, -0.15) is 17.6 Å². The molecule has 0 aliphatic carbocycles. The summed E-state index contributed by atoms with van der Waals surface area (Å²) in [5, 5.41) is 2.01. The zero-order valence-corrected chi connectivity index (χ0v) is 20.4. The number of esters is 1. The van der Waals surface area contributed by atoms with E-state index in [-0.39, 0.29) is 0 Å². The predicted molar refractivity (Wildman–Crippen MR) is 119 cm³/mol. The zero-order chi connectivity index (χ0) is 30.0. The van der Waals surface area contributed by atoms with E-state index in [0.29, 0.717) is 18.2 Å². The second-order valence-electron chi connectivity index (χ2n) is 7.63. The van der Waals surface area contributed by atoms with Crippen LogP contribution in [-0.2, 0) is 10.9 Å². The van der Waals surface area contributed by atoms with Gasteiger partial charge in [0.05, 0.1) is 31.0 Å². The average Bonchev–Trinajstić information content (AvgIpc) is 2.85. The molecule has 1 amide bonds. The van der Waals surface area contributed by atoms with E-state index in [1.54, 1.807) is 0 Å². The summed E-state index contributed by atoms with van der Waals surface area (Å²) in [5.74, 6) is -9.13. The third-order valence-corrected chi connectivity index (χ3v) is 5.15. The van der Waals surface area contributed by atoms with E-state index in [0.717, 1.165) is 39.5 Å². The van der Waals surface area contributed by atoms with Gasteiger partial charge in [0.1, 0.15) is 5.75 Å². The summed E-state index contributed by atoms with van der Waals surface area (Å²) in [6, 6.07) is 3.39. The lowest BCUT2D eigenvalue weighted by Crippen LogP contribution is -2.20. The largest absolute Gasteiger partial charge is 0.573 e. The van der Waals surface area contributed by atoms with Gasteiger partial charge in [0.15, 0.2) is 23.0 Å². The topological polar surface area (TPSA) is 96.0 Å². The van der Waals surface area contributed by atoms with Gasteiger partial charge in [-0.15, -0.1) is 13.2 Å². The molecule has 0 saturated carbocycles. The molecule has 0 fully saturated rings. The van der Waals surface area contributed by atoms with Crippen LogP contribution >= 0.6 is 0 Å². The number of alkyl halides is 6. The van der Waals surface area contributed by atoms with Gasteiger partial charge < -0.3 is 24.3 Å². The normalized spacial score (nSPS) is 11.6. The maximum atomic E-state index is 14.8. The quantitative estimate of drug-likeness (QED) is 0.254. The van der Waals surface area contributed by atoms with Gasteiger partial charge in [0.2, 0.25) is 11.6 Å². The molecule has 16 heteroatoms. The van der Waals surface area contributed by atoms with E-state index in [1.807, 2.05) is 5.32 Å². The summed E-state index contributed by atoms with van der Waals surface area (Å²) in [7, 11) is 1.79. The Morgan fingerprint density at radius 2 is 1.50 bits per heavy atom. The van der Waals surface area contributed by atoms with Crippen molar-refractivity contribution in [3.8, 4) is 23.0 Å². The van der Waals surface area contributed by atoms with Crippen LogP contribution in [0.1, 0.15) is 32.0 Å². The smallest absolute Gasteiger partial charge is 0.490 e. The molecule has 3 aromatic rings. The lowest BCUT2D eigenvalue weighted by Gasteiger charge is -2.20. The number of methoxy groups -OCH3 is 2. The highest BCUT2D eigenvalue weighted by molar-refractivity contribution is 6.08. The minimum Gasteiger partial charge on any atom is -0.490 e. The van der Waals surface area contributed by atoms with Crippen molar-refractivity contribution < 1.29 is 63.7 Å². The molecule has 0 bridgehead atoms. The Labute approximate surface area is 219 Å². The number of nitrogens with one attached hydrogen (secondary N) is 1. The van der Waals surface area contributed by atoms with Crippen molar-refractivity contribution >= 4 is 17.6 Å². The van der Waals surface area contributed by atoms with Crippen molar-refractivity contribution in [1.82, 2.24) is 4.98 Å². The van der Waals surface area contributed by atoms with Crippen LogP contribution in [0.5, 0.6) is 23.0 Å². The van der Waals surface area contributed by atoms with E-state index in [4.69, 9.17) is 9.47 Å². The van der Waals surface area contributed by atoms with Crippen molar-refractivity contribution in [2.24, 2.45) is 0 Å². The number of ether oxygens (including phenoxy) is 4. The molecule has 0 saturated heterocycles. The summed E-state index contributed by atoms with van der Waals surface area (Å²) in [5.41, 5.74) is -4.31. The third kappa shape index (κ3) is 6.32. The molecule has 0 aliphatic heterocycles. The van der Waals surface area contributed by atoms with Gasteiger partial charge in [-0.3, -0.25) is 4.79 Å². The Balaban J connectivity index is 2.12. The number of aromatic nitrogens is 1. The van der Waals surface area contributed by atoms with Crippen molar-refractivity contribution in [2.75, 3.05) is 19.5 Å². The van der Waals surface area contributed by atoms with Gasteiger partial charge in [0.25, 0.3) is 5.91 Å². The highest BCUT2D eigenvalue weighted by Gasteiger charge is 2.36. The predicted octanol–water partition coefficient (Wildman–Crippen LogP) is 6.43. The average molecular weight is 580 g/mol. The number of halogens is 8. The molecule has 40 heavy (non-hydrogen) atoms. The van der Waals surface area contributed by atoms with Crippen molar-refractivity contribution in [3.63, 3.8) is 0 Å². The highest BCUT2D eigenvalue weighted by atomic mass is 19.4. The number of anilines is 1. The summed E-state index contributed by atoms with van der Waals surface area (Å²) < 4.78 is 126. The standard InChI is InChI=1S/C24H16F8N2O6/c1-10-11(23(27,28)29)4-5-13(39-15-7-6-14(40-24(30,31)32)18(26)20(15)37-2)16(10)21(35)34-12-8-9-33-19(17(12)25)22(36)38-3/h4-9H,1-3H3,(H,33,34,35). The van der Waals surface area contributed by atoms with Crippen LogP contribution in [0.2, 0.25) is 0 Å². The fourth-order valence-corrected chi connectivity index (χ4v) is 3.44. The van der Waals surface area contributed by atoms with Gasteiger partial charge in [-0.1, -0.05) is 0 Å². The molecule has 2 aromatic carbocycles. The van der Waals surface area contributed by atoms with Crippen molar-refractivity contribution in [2.45, 2.75) is 19.5 Å². The fourth-order valence-electron chi connectivity index (χ4n) is 3.44. The number of benzene rings is 2. The molecule has 0 spiro atoms. The van der Waals surface area contributed by atoms with Gasteiger partial charge in [0, 0.05) is 6.20 Å². The summed E-state index contributed by atoms with van der Waals surface area (Å²) >= 11 is 0. The lowest BCUT2D eigenvalue weighted by molar-refractivity contribution is -0.275. The van der Waals surface area contributed by atoms with Crippen LogP contribution in [0, 0.1) is 18.6 Å². The minimum absolute atomic E-state index is 0.512. The number of rotatable bonds is 7. The molecular formula is C24H16F8N2O6. The number of nitrogens with zero attached hydrogens (tertiary/aromatic N) is 1. The first-order valence-corrected chi connectivity index (χ1v) is 10.6. The van der Waals surface area contributed by atoms with Crippen LogP contribution in [0.25, 0.3) is 0 Å². The summed E-state index contributed by atoms with van der Waals surface area (Å²) in [4.78, 5) is 28.3. The second-order valence-corrected chi connectivity index (χ2v) is 7.63. The number of pyridine rings is 1. The Morgan fingerprint density at radius 3 is 2.08 bits per heavy atom. The molecule has 1 aromatic heterocycles. The SMILES string of the molecule is COC(=O)c1nccc(NC(=O)c2c(Oc3ccc(OC(F)(F)F)c(F)c3OC)ccc(C(F)(F)F)c2C)c1F. The van der Waals surface area contributed by atoms with E-state index >= 15 is 0 Å². The maximum Gasteiger partial charge on any atom is 0.573 e. The number of carbonyl (C=O) groups is 2. The lowest BCUT2D eigenvalue weighted by atomic mass is 10.00. The van der Waals surface area contributed by atoms with E-state index in [1.165, 1.54) is 0 Å². The third-order valence-electron chi connectivity index (χ3n) is 5.15. The first kappa shape index (κ1) is 29.9. The van der Waals surface area contributed by atoms with Crippen LogP contribution < -0.4 is 19.5 Å². The van der Waals surface area contributed by atoms with E-state index < -0.39 is 87.1 Å². The first-order valence-electron chi connectivity index (χ1n) is 10.6. The molecular weight excluding hydrogens is 564 g/mol. The Bertz CT molecular complexity index is 1460. The number of hydrogen-bond acceptors (Lipinski definition) is 7. The summed E-state index contributed by atoms with van der Waals surface area (Å²) in [6.45, 7) is 0.894. The van der Waals surface area contributed by atoms with Gasteiger partial charge in [-0.25, -0.2) is 14.2 Å². The number of amides is 1. The van der Waals surface area contributed by atoms with Crippen molar-refractivity contribution in [3.05, 3.63) is 70.5 Å². The monoisotopic (exact) mass is 580 g/mol. The fraction of sp³-hybridized carbons (Fsp3) is 0.208. The van der Waals surface area contributed by atoms with Crippen molar-refractivity contribution in [1.29, 1.82) is 0 Å². The molecule has 214 valence electrons. The second kappa shape index (κ2) is 11.2. The molecule has 0 radical (unpaired) electrons. The Morgan fingerprint density at radius 1 is 0.875 bits per heavy atom. The van der Waals surface area contributed by atoms with Gasteiger partial charge in [-0.05, 0) is 42.8 Å². The number of hydrogen-bond donors (Lipinski definition) is 1. The zero-order valence-electron chi connectivity index (χ0n) is 20.4. The van der Waals surface area contributed by atoms with Crippen LogP contribution in [-0.4, -0.2) is 37.4 Å². The molecule has 1 heterocycles. The van der Waals surface area contributed by atoms with E-state index in [9.17, 15) is 44.7 Å². The number of carbonyl (C=O) groups excluding carboxylic acids is 2. The Hall–Kier alpha value is -4.63. The van der Waals surface area contributed by atoms with Crippen LogP contribution in [0.3, 0.4) is 0 Å². The van der Waals surface area contributed by atoms with Crippen LogP contribution in [0.4, 0.5) is 40.8 Å². The molecule has 3 rings (SSSR count). The van der Waals surface area contributed by atoms with Gasteiger partial charge >= 0.3 is 18.5 Å². The maximum absolute atomic E-state index is 14.8. The molecule has 8 nitrogen and oxygen atoms in total. The molecule has 0 aliphatic rings. The summed E-state index contributed by atoms with van der Waals surface area (Å²) in [6.07, 6.45) is -9.31. The minimum atomic E-state index is -5.26. The molecule has 0 atom stereocenters. The first-order chi connectivity index (χ1) is 18.6. The Kier molecular flexibility index (Phi) is 8.40. The van der Waals surface area contributed by atoms with Crippen LogP contribution in [0.15, 0.2) is 36.5 Å².